The van der Waals surface area contributed by atoms with Gasteiger partial charge in [0.2, 0.25) is 0 Å². The van der Waals surface area contributed by atoms with Crippen molar-refractivity contribution in [3.8, 4) is 16.9 Å². The standard InChI is InChI=1S/C33H37NO5/c1-22(28-11-7-8-12-29(28)30-16-15-26(32(36)37)18-31(30)38-4)39-21-27(35)20-34-33(2,3)19-23-13-14-24-9-5-6-10-25(24)17-23/h5-18,22,27,34-35H,19-21H2,1-4H3,(H,36,37). The number of aliphatic hydroxyl groups is 1. The summed E-state index contributed by atoms with van der Waals surface area (Å²) in [4.78, 5) is 11.4. The lowest BCUT2D eigenvalue weighted by Crippen LogP contribution is -2.46. The van der Waals surface area contributed by atoms with Gasteiger partial charge in [0.1, 0.15) is 5.75 Å². The van der Waals surface area contributed by atoms with E-state index in [2.05, 4.69) is 55.6 Å². The molecule has 0 fully saturated rings. The maximum atomic E-state index is 11.4. The number of benzene rings is 4. The van der Waals surface area contributed by atoms with Gasteiger partial charge in [-0.25, -0.2) is 4.79 Å². The Balaban J connectivity index is 1.36. The number of rotatable bonds is 12. The molecular formula is C33H37NO5. The van der Waals surface area contributed by atoms with Crippen LogP contribution in [-0.4, -0.2) is 48.1 Å². The van der Waals surface area contributed by atoms with Crippen molar-refractivity contribution in [3.63, 3.8) is 0 Å². The van der Waals surface area contributed by atoms with E-state index >= 15 is 0 Å². The Hall–Kier alpha value is -3.71. The van der Waals surface area contributed by atoms with E-state index in [9.17, 15) is 15.0 Å². The highest BCUT2D eigenvalue weighted by Gasteiger charge is 2.21. The number of β-amino-alcohol motifs (C(OH)–C–C–N with tert-alkyl or cyclic N) is 1. The Morgan fingerprint density at radius 3 is 2.38 bits per heavy atom. The lowest BCUT2D eigenvalue weighted by Gasteiger charge is -2.28. The van der Waals surface area contributed by atoms with Gasteiger partial charge in [-0.1, -0.05) is 66.7 Å². The number of aliphatic hydroxyl groups excluding tert-OH is 1. The summed E-state index contributed by atoms with van der Waals surface area (Å²) in [5, 5.41) is 26.0. The number of fused-ring (bicyclic) bond motifs is 1. The zero-order valence-electron chi connectivity index (χ0n) is 23.0. The molecule has 0 bridgehead atoms. The number of nitrogens with one attached hydrogen (secondary N) is 1. The predicted molar refractivity (Wildman–Crippen MR) is 155 cm³/mol. The molecular weight excluding hydrogens is 490 g/mol. The zero-order chi connectivity index (χ0) is 28.0. The summed E-state index contributed by atoms with van der Waals surface area (Å²) in [6.07, 6.45) is -0.150. The van der Waals surface area contributed by atoms with Crippen LogP contribution in [0.15, 0.2) is 84.9 Å². The quantitative estimate of drug-likeness (QED) is 0.201. The van der Waals surface area contributed by atoms with E-state index < -0.39 is 12.1 Å². The molecule has 3 N–H and O–H groups in total. The Morgan fingerprint density at radius 1 is 0.923 bits per heavy atom. The predicted octanol–water partition coefficient (Wildman–Crippen LogP) is 6.26. The minimum absolute atomic E-state index is 0.163. The topological polar surface area (TPSA) is 88.0 Å². The highest BCUT2D eigenvalue weighted by molar-refractivity contribution is 5.90. The van der Waals surface area contributed by atoms with Crippen molar-refractivity contribution in [1.29, 1.82) is 0 Å². The highest BCUT2D eigenvalue weighted by Crippen LogP contribution is 2.36. The van der Waals surface area contributed by atoms with E-state index in [1.807, 2.05) is 37.3 Å². The fourth-order valence-electron chi connectivity index (χ4n) is 4.86. The Kier molecular flexibility index (Phi) is 9.02. The largest absolute Gasteiger partial charge is 0.496 e. The molecule has 4 rings (SSSR count). The van der Waals surface area contributed by atoms with Gasteiger partial charge >= 0.3 is 5.97 Å². The molecule has 0 amide bonds. The summed E-state index contributed by atoms with van der Waals surface area (Å²) in [6, 6.07) is 27.5. The molecule has 0 aromatic heterocycles. The van der Waals surface area contributed by atoms with Crippen LogP contribution in [0.3, 0.4) is 0 Å². The van der Waals surface area contributed by atoms with Crippen LogP contribution in [-0.2, 0) is 11.2 Å². The van der Waals surface area contributed by atoms with E-state index in [0.717, 1.165) is 23.1 Å². The van der Waals surface area contributed by atoms with Crippen LogP contribution < -0.4 is 10.1 Å². The summed E-state index contributed by atoms with van der Waals surface area (Å²) < 4.78 is 11.6. The molecule has 0 spiro atoms. The third-order valence-corrected chi connectivity index (χ3v) is 6.95. The van der Waals surface area contributed by atoms with Crippen molar-refractivity contribution in [3.05, 3.63) is 102 Å². The molecule has 0 aliphatic heterocycles. The fraction of sp³-hybridized carbons (Fsp3) is 0.303. The van der Waals surface area contributed by atoms with E-state index in [4.69, 9.17) is 9.47 Å². The molecule has 6 nitrogen and oxygen atoms in total. The molecule has 4 aromatic carbocycles. The first kappa shape index (κ1) is 28.3. The molecule has 0 aliphatic carbocycles. The van der Waals surface area contributed by atoms with E-state index in [0.29, 0.717) is 12.3 Å². The highest BCUT2D eigenvalue weighted by atomic mass is 16.5. The first-order valence-corrected chi connectivity index (χ1v) is 13.2. The van der Waals surface area contributed by atoms with Crippen molar-refractivity contribution in [2.45, 2.75) is 44.9 Å². The van der Waals surface area contributed by atoms with Gasteiger partial charge in [-0.3, -0.25) is 0 Å². The summed E-state index contributed by atoms with van der Waals surface area (Å²) in [6.45, 7) is 6.79. The monoisotopic (exact) mass is 527 g/mol. The van der Waals surface area contributed by atoms with Crippen LogP contribution >= 0.6 is 0 Å². The maximum absolute atomic E-state index is 11.4. The third-order valence-electron chi connectivity index (χ3n) is 6.95. The average molecular weight is 528 g/mol. The van der Waals surface area contributed by atoms with Crippen LogP contribution in [0.1, 0.15) is 48.4 Å². The van der Waals surface area contributed by atoms with E-state index in [1.54, 1.807) is 12.1 Å². The Labute approximate surface area is 230 Å². The van der Waals surface area contributed by atoms with Crippen molar-refractivity contribution in [2.75, 3.05) is 20.3 Å². The second-order valence-electron chi connectivity index (χ2n) is 10.6. The molecule has 0 saturated heterocycles. The molecule has 0 aliphatic rings. The number of methoxy groups -OCH3 is 1. The van der Waals surface area contributed by atoms with Crippen LogP contribution in [0.5, 0.6) is 5.75 Å². The second kappa shape index (κ2) is 12.4. The average Bonchev–Trinajstić information content (AvgIpc) is 2.94. The van der Waals surface area contributed by atoms with Gasteiger partial charge < -0.3 is 25.0 Å². The van der Waals surface area contributed by atoms with E-state index in [-0.39, 0.29) is 23.8 Å². The zero-order valence-corrected chi connectivity index (χ0v) is 23.0. The first-order chi connectivity index (χ1) is 18.7. The second-order valence-corrected chi connectivity index (χ2v) is 10.6. The molecule has 2 unspecified atom stereocenters. The number of ether oxygens (including phenoxy) is 2. The molecule has 204 valence electrons. The number of carbonyl (C=O) groups is 1. The minimum Gasteiger partial charge on any atom is -0.496 e. The van der Waals surface area contributed by atoms with Crippen molar-refractivity contribution >= 4 is 16.7 Å². The SMILES string of the molecule is COc1cc(C(=O)O)ccc1-c1ccccc1C(C)OCC(O)CNC(C)(C)Cc1ccc2ccccc2c1. The van der Waals surface area contributed by atoms with Gasteiger partial charge in [-0.05, 0) is 72.9 Å². The summed E-state index contributed by atoms with van der Waals surface area (Å²) in [7, 11) is 1.53. The number of hydrogen-bond acceptors (Lipinski definition) is 5. The lowest BCUT2D eigenvalue weighted by atomic mass is 9.93. The first-order valence-electron chi connectivity index (χ1n) is 13.2. The van der Waals surface area contributed by atoms with Gasteiger partial charge in [0.15, 0.2) is 0 Å². The lowest BCUT2D eigenvalue weighted by molar-refractivity contribution is -0.00397. The minimum atomic E-state index is -1.01. The van der Waals surface area contributed by atoms with Crippen LogP contribution in [0, 0.1) is 0 Å². The molecule has 0 saturated carbocycles. The van der Waals surface area contributed by atoms with Gasteiger partial charge in [-0.15, -0.1) is 0 Å². The van der Waals surface area contributed by atoms with Gasteiger partial charge in [-0.2, -0.15) is 0 Å². The number of aromatic carboxylic acids is 1. The van der Waals surface area contributed by atoms with Crippen LogP contribution in [0.2, 0.25) is 0 Å². The maximum Gasteiger partial charge on any atom is 0.335 e. The van der Waals surface area contributed by atoms with Crippen LogP contribution in [0.4, 0.5) is 0 Å². The number of carboxylic acids is 1. The van der Waals surface area contributed by atoms with Crippen molar-refractivity contribution in [2.24, 2.45) is 0 Å². The van der Waals surface area contributed by atoms with Crippen molar-refractivity contribution < 1.29 is 24.5 Å². The summed E-state index contributed by atoms with van der Waals surface area (Å²) >= 11 is 0. The molecule has 39 heavy (non-hydrogen) atoms. The van der Waals surface area contributed by atoms with Crippen molar-refractivity contribution in [1.82, 2.24) is 5.32 Å². The molecule has 0 heterocycles. The van der Waals surface area contributed by atoms with Gasteiger partial charge in [0.05, 0.1) is 31.5 Å². The van der Waals surface area contributed by atoms with Gasteiger partial charge in [0, 0.05) is 17.6 Å². The normalized spacial score (nSPS) is 13.3. The number of hydrogen-bond donors (Lipinski definition) is 3. The van der Waals surface area contributed by atoms with Crippen LogP contribution in [0.25, 0.3) is 21.9 Å². The third kappa shape index (κ3) is 7.24. The molecule has 2 atom stereocenters. The van der Waals surface area contributed by atoms with Gasteiger partial charge in [0.25, 0.3) is 0 Å². The Morgan fingerprint density at radius 2 is 1.64 bits per heavy atom. The van der Waals surface area contributed by atoms with E-state index in [1.165, 1.54) is 29.5 Å². The smallest absolute Gasteiger partial charge is 0.335 e. The molecule has 0 radical (unpaired) electrons. The summed E-state index contributed by atoms with van der Waals surface area (Å²) in [5.41, 5.74) is 3.80. The fourth-order valence-corrected chi connectivity index (χ4v) is 4.86. The molecule has 6 heteroatoms. The molecule has 4 aromatic rings. The number of carboxylic acid groups (broad SMARTS) is 1. The Bertz CT molecular complexity index is 1430. The summed E-state index contributed by atoms with van der Waals surface area (Å²) in [5.74, 6) is -0.527.